The summed E-state index contributed by atoms with van der Waals surface area (Å²) in [7, 11) is 0. The number of hydrogen-bond donors (Lipinski definition) is 1. The van der Waals surface area contributed by atoms with Crippen LogP contribution in [0.2, 0.25) is 0 Å². The fraction of sp³-hybridized carbons (Fsp3) is 0.917. The third-order valence-corrected chi connectivity index (χ3v) is 5.88. The van der Waals surface area contributed by atoms with Gasteiger partial charge in [-0.05, 0) is 62.3 Å². The number of carbonyl (C=O) groups excluding carboxylic acids is 2. The first kappa shape index (κ1) is 25.9. The SMILES string of the molecule is CC(C)(C)COC(=O)CCNCCC(C)(C)OC(=O)C1CC(C)(C)CCC1(C)C. The second kappa shape index (κ2) is 9.80. The number of carbonyl (C=O) groups is 2. The highest BCUT2D eigenvalue weighted by Crippen LogP contribution is 2.49. The van der Waals surface area contributed by atoms with Gasteiger partial charge in [0.25, 0.3) is 0 Å². The first-order chi connectivity index (χ1) is 13.0. The topological polar surface area (TPSA) is 64.6 Å². The third kappa shape index (κ3) is 9.97. The van der Waals surface area contributed by atoms with Gasteiger partial charge in [-0.15, -0.1) is 0 Å². The molecule has 1 fully saturated rings. The van der Waals surface area contributed by atoms with Gasteiger partial charge in [0.05, 0.1) is 18.9 Å². The molecule has 5 heteroatoms. The molecule has 29 heavy (non-hydrogen) atoms. The molecule has 1 atom stereocenters. The van der Waals surface area contributed by atoms with Gasteiger partial charge in [0.15, 0.2) is 0 Å². The fourth-order valence-corrected chi connectivity index (χ4v) is 3.64. The van der Waals surface area contributed by atoms with Gasteiger partial charge in [0.1, 0.15) is 5.60 Å². The smallest absolute Gasteiger partial charge is 0.310 e. The highest BCUT2D eigenvalue weighted by atomic mass is 16.6. The van der Waals surface area contributed by atoms with Crippen LogP contribution in [-0.4, -0.2) is 37.2 Å². The van der Waals surface area contributed by atoms with E-state index in [1.165, 1.54) is 0 Å². The number of esters is 2. The molecule has 0 aliphatic heterocycles. The lowest BCUT2D eigenvalue weighted by Crippen LogP contribution is -2.44. The van der Waals surface area contributed by atoms with Crippen molar-refractivity contribution in [3.63, 3.8) is 0 Å². The van der Waals surface area contributed by atoms with Crippen molar-refractivity contribution in [1.82, 2.24) is 5.32 Å². The minimum atomic E-state index is -0.533. The fourth-order valence-electron chi connectivity index (χ4n) is 3.64. The van der Waals surface area contributed by atoms with Crippen molar-refractivity contribution in [2.75, 3.05) is 19.7 Å². The Morgan fingerprint density at radius 2 is 1.62 bits per heavy atom. The lowest BCUT2D eigenvalue weighted by atomic mass is 9.60. The molecule has 1 saturated carbocycles. The van der Waals surface area contributed by atoms with E-state index in [9.17, 15) is 9.59 Å². The Labute approximate surface area is 178 Å². The van der Waals surface area contributed by atoms with Crippen molar-refractivity contribution in [3.05, 3.63) is 0 Å². The minimum absolute atomic E-state index is 0.0148. The van der Waals surface area contributed by atoms with E-state index in [0.717, 1.165) is 19.3 Å². The predicted molar refractivity (Wildman–Crippen MR) is 118 cm³/mol. The van der Waals surface area contributed by atoms with Gasteiger partial charge in [0.2, 0.25) is 0 Å². The summed E-state index contributed by atoms with van der Waals surface area (Å²) in [5, 5.41) is 3.26. The molecule has 0 spiro atoms. The Morgan fingerprint density at radius 3 is 2.21 bits per heavy atom. The molecule has 0 radical (unpaired) electrons. The summed E-state index contributed by atoms with van der Waals surface area (Å²) in [6.07, 6.45) is 4.13. The molecule has 1 aliphatic carbocycles. The van der Waals surface area contributed by atoms with E-state index in [0.29, 0.717) is 32.5 Å². The second-order valence-electron chi connectivity index (χ2n) is 12.1. The Morgan fingerprint density at radius 1 is 1.00 bits per heavy atom. The van der Waals surface area contributed by atoms with Gasteiger partial charge in [-0.3, -0.25) is 9.59 Å². The molecular weight excluding hydrogens is 366 g/mol. The summed E-state index contributed by atoms with van der Waals surface area (Å²) >= 11 is 0. The average molecular weight is 412 g/mol. The Balaban J connectivity index is 2.37. The van der Waals surface area contributed by atoms with Crippen LogP contribution >= 0.6 is 0 Å². The van der Waals surface area contributed by atoms with Gasteiger partial charge in [-0.25, -0.2) is 0 Å². The number of rotatable bonds is 9. The molecule has 0 heterocycles. The largest absolute Gasteiger partial charge is 0.465 e. The van der Waals surface area contributed by atoms with Crippen molar-refractivity contribution >= 4 is 11.9 Å². The van der Waals surface area contributed by atoms with Crippen LogP contribution in [0.15, 0.2) is 0 Å². The third-order valence-electron chi connectivity index (χ3n) is 5.88. The summed E-state index contributed by atoms with van der Waals surface area (Å²) in [6.45, 7) is 20.6. The molecule has 0 amide bonds. The van der Waals surface area contributed by atoms with E-state index in [1.54, 1.807) is 0 Å². The van der Waals surface area contributed by atoms with Gasteiger partial charge < -0.3 is 14.8 Å². The van der Waals surface area contributed by atoms with Crippen LogP contribution in [0.5, 0.6) is 0 Å². The van der Waals surface area contributed by atoms with Crippen LogP contribution in [0.25, 0.3) is 0 Å². The quantitative estimate of drug-likeness (QED) is 0.421. The molecule has 1 rings (SSSR count). The van der Waals surface area contributed by atoms with E-state index in [-0.39, 0.29) is 34.1 Å². The summed E-state index contributed by atoms with van der Waals surface area (Å²) in [5.41, 5.74) is -0.381. The highest BCUT2D eigenvalue weighted by molar-refractivity contribution is 5.74. The lowest BCUT2D eigenvalue weighted by molar-refractivity contribution is -0.170. The number of ether oxygens (including phenoxy) is 2. The van der Waals surface area contributed by atoms with Crippen molar-refractivity contribution < 1.29 is 19.1 Å². The standard InChI is InChI=1S/C24H45NO4/c1-21(2,3)17-28-19(26)10-14-25-15-13-24(8,9)29-20(27)18-16-22(4,5)11-12-23(18,6)7/h18,25H,10-17H2,1-9H3. The van der Waals surface area contributed by atoms with Gasteiger partial charge in [-0.2, -0.15) is 0 Å². The molecule has 1 unspecified atom stereocenters. The molecule has 0 aromatic heterocycles. The molecule has 0 aromatic carbocycles. The maximum absolute atomic E-state index is 12.9. The number of nitrogens with one attached hydrogen (secondary N) is 1. The van der Waals surface area contributed by atoms with Crippen molar-refractivity contribution in [2.45, 2.75) is 100 Å². The van der Waals surface area contributed by atoms with Crippen LogP contribution in [0, 0.1) is 22.2 Å². The summed E-state index contributed by atoms with van der Waals surface area (Å²) in [4.78, 5) is 24.7. The Hall–Kier alpha value is -1.10. The Kier molecular flexibility index (Phi) is 8.77. The van der Waals surface area contributed by atoms with Crippen LogP contribution in [0.3, 0.4) is 0 Å². The molecule has 1 N–H and O–H groups in total. The predicted octanol–water partition coefficient (Wildman–Crippen LogP) is 5.12. The average Bonchev–Trinajstić information content (AvgIpc) is 2.54. The van der Waals surface area contributed by atoms with E-state index >= 15 is 0 Å². The van der Waals surface area contributed by atoms with Gasteiger partial charge >= 0.3 is 11.9 Å². The maximum atomic E-state index is 12.9. The van der Waals surface area contributed by atoms with E-state index in [2.05, 4.69) is 33.0 Å². The zero-order chi connectivity index (χ0) is 22.5. The summed E-state index contributed by atoms with van der Waals surface area (Å²) in [5.74, 6) is -0.310. The van der Waals surface area contributed by atoms with Crippen LogP contribution < -0.4 is 5.32 Å². The van der Waals surface area contributed by atoms with Gasteiger partial charge in [-0.1, -0.05) is 48.5 Å². The molecule has 1 aliphatic rings. The number of hydrogen-bond acceptors (Lipinski definition) is 5. The van der Waals surface area contributed by atoms with Gasteiger partial charge in [0, 0.05) is 6.54 Å². The van der Waals surface area contributed by atoms with Crippen molar-refractivity contribution in [3.8, 4) is 0 Å². The van der Waals surface area contributed by atoms with E-state index < -0.39 is 5.60 Å². The van der Waals surface area contributed by atoms with Crippen LogP contribution in [0.4, 0.5) is 0 Å². The van der Waals surface area contributed by atoms with E-state index in [1.807, 2.05) is 34.6 Å². The first-order valence-corrected chi connectivity index (χ1v) is 11.1. The molecular formula is C24H45NO4. The second-order valence-corrected chi connectivity index (χ2v) is 12.1. The lowest BCUT2D eigenvalue weighted by Gasteiger charge is -2.45. The summed E-state index contributed by atoms with van der Waals surface area (Å²) in [6, 6.07) is 0. The summed E-state index contributed by atoms with van der Waals surface area (Å²) < 4.78 is 11.2. The first-order valence-electron chi connectivity index (χ1n) is 11.1. The molecule has 0 saturated heterocycles. The van der Waals surface area contributed by atoms with Crippen molar-refractivity contribution in [1.29, 1.82) is 0 Å². The van der Waals surface area contributed by atoms with Crippen LogP contribution in [-0.2, 0) is 19.1 Å². The van der Waals surface area contributed by atoms with Crippen LogP contribution in [0.1, 0.15) is 94.4 Å². The highest BCUT2D eigenvalue weighted by Gasteiger charge is 2.45. The zero-order valence-electron chi connectivity index (χ0n) is 20.4. The zero-order valence-corrected chi connectivity index (χ0v) is 20.4. The Bertz CT molecular complexity index is 558. The monoisotopic (exact) mass is 411 g/mol. The normalized spacial score (nSPS) is 21.5. The van der Waals surface area contributed by atoms with Crippen molar-refractivity contribution in [2.24, 2.45) is 22.2 Å². The molecule has 0 aromatic rings. The molecule has 5 nitrogen and oxygen atoms in total. The minimum Gasteiger partial charge on any atom is -0.465 e. The maximum Gasteiger partial charge on any atom is 0.310 e. The molecule has 0 bridgehead atoms. The molecule has 170 valence electrons. The van der Waals surface area contributed by atoms with E-state index in [4.69, 9.17) is 9.47 Å².